The molecule has 2 atom stereocenters. The first kappa shape index (κ1) is 36.7. The number of halogens is 3. The number of rotatable bonds is 14. The number of amides is 5. The summed E-state index contributed by atoms with van der Waals surface area (Å²) in [4.78, 5) is 74.2. The number of hydrogen-bond acceptors (Lipinski definition) is 10. The molecule has 5 amide bonds. The number of H-pyrrole nitrogens is 1. The van der Waals surface area contributed by atoms with Crippen LogP contribution in [0.4, 0.5) is 20.6 Å². The Labute approximate surface area is 290 Å². The van der Waals surface area contributed by atoms with Crippen molar-refractivity contribution < 1.29 is 37.8 Å². The zero-order valence-electron chi connectivity index (χ0n) is 25.6. The maximum atomic E-state index is 15.2. The Bertz CT molecular complexity index is 1630. The average Bonchev–Trinajstić information content (AvgIpc) is 3.80. The highest BCUT2D eigenvalue weighted by Gasteiger charge is 2.38. The summed E-state index contributed by atoms with van der Waals surface area (Å²) in [6, 6.07) is 6.49. The van der Waals surface area contributed by atoms with Crippen molar-refractivity contribution in [3.8, 4) is 0 Å². The highest BCUT2D eigenvalue weighted by atomic mass is 35.5. The number of primary amides is 1. The van der Waals surface area contributed by atoms with Gasteiger partial charge in [-0.05, 0) is 49.7 Å². The summed E-state index contributed by atoms with van der Waals surface area (Å²) in [5.41, 5.74) is 6.52. The highest BCUT2D eigenvalue weighted by molar-refractivity contribution is 7.18. The molecule has 48 heavy (non-hydrogen) atoms. The zero-order chi connectivity index (χ0) is 33.5. The van der Waals surface area contributed by atoms with Gasteiger partial charge < -0.3 is 30.4 Å². The van der Waals surface area contributed by atoms with Crippen LogP contribution in [0, 0.1) is 5.82 Å². The van der Waals surface area contributed by atoms with Crippen LogP contribution in [0.5, 0.6) is 0 Å². The van der Waals surface area contributed by atoms with Gasteiger partial charge >= 0.3 is 6.09 Å². The number of aromatic amines is 1. The Morgan fingerprint density at radius 2 is 2.02 bits per heavy atom. The van der Waals surface area contributed by atoms with Crippen LogP contribution in [0.1, 0.15) is 34.6 Å². The van der Waals surface area contributed by atoms with E-state index in [2.05, 4.69) is 15.3 Å². The minimum Gasteiger partial charge on any atom is -0.442 e. The Hall–Kier alpha value is -4.09. The van der Waals surface area contributed by atoms with E-state index in [1.807, 2.05) is 0 Å². The molecular formula is C30H34Cl2FN7O7S. The van der Waals surface area contributed by atoms with Gasteiger partial charge in [-0.1, -0.05) is 11.6 Å². The van der Waals surface area contributed by atoms with E-state index in [1.54, 1.807) is 12.3 Å². The van der Waals surface area contributed by atoms with Crippen LogP contribution in [-0.2, 0) is 30.3 Å². The molecule has 0 spiro atoms. The second-order valence-corrected chi connectivity index (χ2v) is 12.6. The van der Waals surface area contributed by atoms with Gasteiger partial charge in [0.1, 0.15) is 18.5 Å². The van der Waals surface area contributed by atoms with Gasteiger partial charge in [-0.2, -0.15) is 0 Å². The molecule has 0 radical (unpaired) electrons. The molecule has 2 fully saturated rings. The number of carbonyl (C=O) groups excluding carboxylic acids is 5. The number of cyclic esters (lactones) is 1. The van der Waals surface area contributed by atoms with Crippen molar-refractivity contribution in [1.29, 1.82) is 0 Å². The monoisotopic (exact) mass is 725 g/mol. The van der Waals surface area contributed by atoms with E-state index >= 15 is 4.39 Å². The van der Waals surface area contributed by atoms with Crippen LogP contribution in [0.3, 0.4) is 0 Å². The Kier molecular flexibility index (Phi) is 12.9. The Morgan fingerprint density at radius 1 is 1.21 bits per heavy atom. The van der Waals surface area contributed by atoms with Crippen molar-refractivity contribution in [3.63, 3.8) is 0 Å². The molecule has 4 N–H and O–H groups in total. The fourth-order valence-electron chi connectivity index (χ4n) is 5.25. The summed E-state index contributed by atoms with van der Waals surface area (Å²) in [5.74, 6) is -2.66. The van der Waals surface area contributed by atoms with Crippen molar-refractivity contribution in [2.45, 2.75) is 37.8 Å². The highest BCUT2D eigenvalue weighted by Crippen LogP contribution is 2.30. The number of nitrogens with one attached hydrogen (secondary N) is 2. The van der Waals surface area contributed by atoms with Crippen LogP contribution in [0.15, 0.2) is 42.9 Å². The van der Waals surface area contributed by atoms with E-state index < -0.39 is 41.8 Å². The summed E-state index contributed by atoms with van der Waals surface area (Å²) in [7, 11) is 0. The minimum absolute atomic E-state index is 0. The molecule has 0 aliphatic carbocycles. The summed E-state index contributed by atoms with van der Waals surface area (Å²) in [6.45, 7) is 0.499. The van der Waals surface area contributed by atoms with Crippen LogP contribution < -0.4 is 20.9 Å². The molecule has 0 unspecified atom stereocenters. The number of nitrogens with zero attached hydrogens (tertiary/aromatic N) is 4. The van der Waals surface area contributed by atoms with E-state index in [-0.39, 0.29) is 61.5 Å². The molecular weight excluding hydrogens is 692 g/mol. The topological polar surface area (TPSA) is 180 Å². The number of hydrogen-bond donors (Lipinski definition) is 3. The lowest BCUT2D eigenvalue weighted by Crippen LogP contribution is -2.44. The third-order valence-corrected chi connectivity index (χ3v) is 8.86. The zero-order valence-corrected chi connectivity index (χ0v) is 28.0. The molecule has 3 aromatic rings. The van der Waals surface area contributed by atoms with Crippen LogP contribution in [0.25, 0.3) is 0 Å². The number of ether oxygens (including phenoxy) is 2. The van der Waals surface area contributed by atoms with E-state index in [0.29, 0.717) is 42.4 Å². The molecule has 2 aliphatic rings. The van der Waals surface area contributed by atoms with Gasteiger partial charge in [0.2, 0.25) is 11.8 Å². The van der Waals surface area contributed by atoms with Gasteiger partial charge in [0.05, 0.1) is 47.0 Å². The molecule has 2 saturated heterocycles. The standard InChI is InChI=1S/C30H33ClFN7O7S.ClH/c31-25-7-6-24(47-25)29(43)39(26(40)3-1-2-8-35-22(28(33)42)11-18-13-34-17-36-18)15-20-14-38(30(44)46-20)23-5-4-19(12-21(23)32)37-9-10-45-16-27(37)41;/h4-7,12-13,17,20,22,35H,1-3,8-11,14-16H2,(H2,33,42)(H,34,36);1H/t20-,22+;/m1./s1. The van der Waals surface area contributed by atoms with Crippen LogP contribution in [0.2, 0.25) is 4.34 Å². The van der Waals surface area contributed by atoms with Crippen LogP contribution in [-0.4, -0.2) is 96.1 Å². The lowest BCUT2D eigenvalue weighted by Gasteiger charge is -2.27. The fraction of sp³-hybridized carbons (Fsp3) is 0.400. The number of nitrogens with two attached hydrogens (primary N) is 1. The van der Waals surface area contributed by atoms with Gasteiger partial charge in [0.25, 0.3) is 11.8 Å². The molecule has 1 aromatic carbocycles. The van der Waals surface area contributed by atoms with Gasteiger partial charge in [-0.3, -0.25) is 29.0 Å². The first-order chi connectivity index (χ1) is 22.6. The molecule has 0 bridgehead atoms. The summed E-state index contributed by atoms with van der Waals surface area (Å²) >= 11 is 7.05. The van der Waals surface area contributed by atoms with Gasteiger partial charge in [0, 0.05) is 37.0 Å². The van der Waals surface area contributed by atoms with E-state index in [0.717, 1.165) is 32.9 Å². The first-order valence-corrected chi connectivity index (χ1v) is 16.1. The van der Waals surface area contributed by atoms with Gasteiger partial charge in [-0.15, -0.1) is 23.7 Å². The normalized spacial score (nSPS) is 16.8. The predicted octanol–water partition coefficient (Wildman–Crippen LogP) is 2.90. The lowest BCUT2D eigenvalue weighted by molar-refractivity contribution is -0.129. The number of thiophene rings is 1. The average molecular weight is 727 g/mol. The van der Waals surface area contributed by atoms with Crippen molar-refractivity contribution in [2.75, 3.05) is 49.2 Å². The van der Waals surface area contributed by atoms with E-state index in [4.69, 9.17) is 26.8 Å². The molecule has 258 valence electrons. The minimum atomic E-state index is -0.939. The van der Waals surface area contributed by atoms with Crippen molar-refractivity contribution in [1.82, 2.24) is 20.2 Å². The second kappa shape index (κ2) is 16.8. The number of carbonyl (C=O) groups is 5. The largest absolute Gasteiger partial charge is 0.442 e. The molecule has 0 saturated carbocycles. The Balaban J connectivity index is 0.00000520. The molecule has 4 heterocycles. The first-order valence-electron chi connectivity index (χ1n) is 14.9. The predicted molar refractivity (Wildman–Crippen MR) is 177 cm³/mol. The lowest BCUT2D eigenvalue weighted by atomic mass is 10.1. The number of imidazole rings is 1. The Morgan fingerprint density at radius 3 is 2.69 bits per heavy atom. The SMILES string of the molecule is Cl.NC(=O)[C@H](Cc1cnc[nH]1)NCCCCC(=O)N(C[C@H]1CN(c2ccc(N3CCOCC3=O)cc2F)C(=O)O1)C(=O)c1ccc(Cl)s1. The summed E-state index contributed by atoms with van der Waals surface area (Å²) in [6.07, 6.45) is 2.55. The molecule has 2 aliphatic heterocycles. The summed E-state index contributed by atoms with van der Waals surface area (Å²) in [5, 5.41) is 3.08. The van der Waals surface area contributed by atoms with Crippen LogP contribution >= 0.6 is 35.3 Å². The number of aromatic nitrogens is 2. The third kappa shape index (κ3) is 9.08. The number of morpholine rings is 1. The van der Waals surface area contributed by atoms with Gasteiger partial charge in [-0.25, -0.2) is 14.2 Å². The second-order valence-electron chi connectivity index (χ2n) is 10.9. The third-order valence-electron chi connectivity index (χ3n) is 7.64. The fourth-order valence-corrected chi connectivity index (χ4v) is 6.25. The number of benzene rings is 1. The molecule has 18 heteroatoms. The molecule has 14 nitrogen and oxygen atoms in total. The van der Waals surface area contributed by atoms with Crippen molar-refractivity contribution in [3.05, 3.63) is 63.6 Å². The quantitative estimate of drug-likeness (QED) is 0.211. The van der Waals surface area contributed by atoms with E-state index in [1.165, 1.54) is 29.4 Å². The number of anilines is 2. The van der Waals surface area contributed by atoms with Crippen molar-refractivity contribution in [2.24, 2.45) is 5.73 Å². The molecule has 5 rings (SSSR count). The van der Waals surface area contributed by atoms with E-state index in [9.17, 15) is 24.0 Å². The van der Waals surface area contributed by atoms with Crippen molar-refractivity contribution >= 4 is 76.4 Å². The van der Waals surface area contributed by atoms with Gasteiger partial charge in [0.15, 0.2) is 0 Å². The number of unbranched alkanes of at least 4 members (excludes halogenated alkanes) is 1. The summed E-state index contributed by atoms with van der Waals surface area (Å²) < 4.78 is 26.2. The maximum Gasteiger partial charge on any atom is 0.414 e. The molecule has 2 aromatic heterocycles. The number of imide groups is 1. The smallest absolute Gasteiger partial charge is 0.414 e. The maximum absolute atomic E-state index is 15.2.